The van der Waals surface area contributed by atoms with Gasteiger partial charge < -0.3 is 15.6 Å². The van der Waals surface area contributed by atoms with Crippen LogP contribution < -0.4 is 15.8 Å². The summed E-state index contributed by atoms with van der Waals surface area (Å²) in [5.74, 6) is -0.639. The molecule has 0 aliphatic heterocycles. The minimum atomic E-state index is -0.969. The van der Waals surface area contributed by atoms with E-state index in [4.69, 9.17) is 15.6 Å². The lowest BCUT2D eigenvalue weighted by molar-refractivity contribution is -0.139. The quantitative estimate of drug-likeness (QED) is 0.498. The number of aliphatic carboxylic acids is 1. The molecule has 0 amide bonds. The lowest BCUT2D eigenvalue weighted by Gasteiger charge is -2.18. The van der Waals surface area contributed by atoms with Gasteiger partial charge in [0.25, 0.3) is 0 Å². The number of hydrogen-bond acceptors (Lipinski definition) is 5. The van der Waals surface area contributed by atoms with Crippen LogP contribution >= 0.6 is 0 Å². The molecule has 4 N–H and O–H groups in total. The number of carbonyl (C=O) groups is 2. The number of Topliss-reactive ketones (excluding diaryl/α,β-unsaturated/α-hetero) is 1. The predicted octanol–water partition coefficient (Wildman–Crippen LogP) is 1.69. The minimum absolute atomic E-state index is 0.204. The number of carboxylic acid groups (broad SMARTS) is 1. The molecular weight excluding hydrogens is 272 g/mol. The number of nitrogens with two attached hydrogens (primary N) is 1. The highest BCUT2D eigenvalue weighted by atomic mass is 16.5. The number of nitrogens with one attached hydrogen (secondary N) is 1. The maximum atomic E-state index is 12.3. The number of hydrogen-bond donors (Lipinski definition) is 3. The van der Waals surface area contributed by atoms with Gasteiger partial charge in [-0.3, -0.25) is 14.9 Å². The van der Waals surface area contributed by atoms with E-state index in [2.05, 4.69) is 5.32 Å². The number of carboxylic acids is 1. The van der Waals surface area contributed by atoms with E-state index in [-0.39, 0.29) is 5.78 Å². The van der Waals surface area contributed by atoms with Crippen LogP contribution in [0.4, 0.5) is 5.69 Å². The molecule has 0 fully saturated rings. The smallest absolute Gasteiger partial charge is 0.320 e. The van der Waals surface area contributed by atoms with Gasteiger partial charge in [0.1, 0.15) is 11.8 Å². The van der Waals surface area contributed by atoms with E-state index in [1.165, 1.54) is 0 Å². The number of ether oxygens (including phenoxy) is 1. The number of nitrogen functional groups attached to an aromatic ring is 1. The van der Waals surface area contributed by atoms with Gasteiger partial charge in [0.15, 0.2) is 5.78 Å². The first-order valence-electron chi connectivity index (χ1n) is 6.96. The molecule has 0 radical (unpaired) electrons. The van der Waals surface area contributed by atoms with E-state index < -0.39 is 18.1 Å². The Kier molecular flexibility index (Phi) is 6.17. The summed E-state index contributed by atoms with van der Waals surface area (Å²) in [6.45, 7) is 5.73. The third-order valence-corrected chi connectivity index (χ3v) is 3.14. The monoisotopic (exact) mass is 294 g/mol. The average Bonchev–Trinajstić information content (AvgIpc) is 2.45. The molecule has 0 spiro atoms. The van der Waals surface area contributed by atoms with Crippen molar-refractivity contribution in [2.24, 2.45) is 0 Å². The molecule has 2 atom stereocenters. The van der Waals surface area contributed by atoms with Crippen molar-refractivity contribution < 1.29 is 19.4 Å². The zero-order valence-corrected chi connectivity index (χ0v) is 12.6. The molecular formula is C15H22N2O4. The normalized spacial score (nSPS) is 13.5. The van der Waals surface area contributed by atoms with Gasteiger partial charge in [-0.05, 0) is 38.5 Å². The molecule has 0 saturated heterocycles. The van der Waals surface area contributed by atoms with E-state index in [0.29, 0.717) is 30.0 Å². The van der Waals surface area contributed by atoms with Crippen molar-refractivity contribution in [3.05, 3.63) is 23.8 Å². The second kappa shape index (κ2) is 7.64. The predicted molar refractivity (Wildman–Crippen MR) is 80.7 cm³/mol. The molecule has 116 valence electrons. The van der Waals surface area contributed by atoms with E-state index in [9.17, 15) is 9.59 Å². The fourth-order valence-corrected chi connectivity index (χ4v) is 1.98. The van der Waals surface area contributed by atoms with Gasteiger partial charge in [-0.2, -0.15) is 0 Å². The molecule has 1 aromatic carbocycles. The third-order valence-electron chi connectivity index (χ3n) is 3.14. The Hall–Kier alpha value is -2.08. The summed E-state index contributed by atoms with van der Waals surface area (Å²) in [5, 5.41) is 11.8. The molecule has 0 aliphatic rings. The van der Waals surface area contributed by atoms with Crippen molar-refractivity contribution in [2.75, 3.05) is 12.3 Å². The molecule has 2 unspecified atom stereocenters. The lowest BCUT2D eigenvalue weighted by atomic mass is 10.0. The Morgan fingerprint density at radius 3 is 2.52 bits per heavy atom. The summed E-state index contributed by atoms with van der Waals surface area (Å²) in [7, 11) is 0. The van der Waals surface area contributed by atoms with Crippen molar-refractivity contribution in [1.82, 2.24) is 5.32 Å². The molecule has 0 bridgehead atoms. The van der Waals surface area contributed by atoms with Crippen LogP contribution in [0.15, 0.2) is 18.2 Å². The molecule has 1 rings (SSSR count). The highest BCUT2D eigenvalue weighted by molar-refractivity contribution is 6.01. The number of anilines is 1. The maximum absolute atomic E-state index is 12.3. The van der Waals surface area contributed by atoms with Gasteiger partial charge in [0.05, 0.1) is 18.3 Å². The van der Waals surface area contributed by atoms with Crippen LogP contribution in [0.1, 0.15) is 37.6 Å². The fraction of sp³-hybridized carbons (Fsp3) is 0.467. The first-order chi connectivity index (χ1) is 9.90. The van der Waals surface area contributed by atoms with E-state index in [1.807, 2.05) is 6.92 Å². The summed E-state index contributed by atoms with van der Waals surface area (Å²) < 4.78 is 5.32. The summed E-state index contributed by atoms with van der Waals surface area (Å²) in [5.41, 5.74) is 6.65. The number of benzene rings is 1. The summed E-state index contributed by atoms with van der Waals surface area (Å²) in [6, 6.07) is 3.47. The Morgan fingerprint density at radius 2 is 2.05 bits per heavy atom. The van der Waals surface area contributed by atoms with Crippen molar-refractivity contribution in [3.8, 4) is 5.75 Å². The van der Waals surface area contributed by atoms with Crippen LogP contribution in [0.3, 0.4) is 0 Å². The maximum Gasteiger partial charge on any atom is 0.320 e. The topological polar surface area (TPSA) is 102 Å². The second-order valence-corrected chi connectivity index (χ2v) is 4.74. The van der Waals surface area contributed by atoms with Crippen molar-refractivity contribution in [3.63, 3.8) is 0 Å². The Labute approximate surface area is 124 Å². The SMILES string of the molecule is CCOc1ccc(C(=O)C(C)NC(CC)C(=O)O)cc1N. The van der Waals surface area contributed by atoms with Crippen LogP contribution in [-0.4, -0.2) is 35.5 Å². The van der Waals surface area contributed by atoms with Crippen molar-refractivity contribution in [1.29, 1.82) is 0 Å². The molecule has 1 aromatic rings. The van der Waals surface area contributed by atoms with Gasteiger partial charge in [0.2, 0.25) is 0 Å². The lowest BCUT2D eigenvalue weighted by Crippen LogP contribution is -2.45. The Balaban J connectivity index is 2.83. The molecule has 21 heavy (non-hydrogen) atoms. The number of carbonyl (C=O) groups excluding carboxylic acids is 1. The molecule has 6 heteroatoms. The second-order valence-electron chi connectivity index (χ2n) is 4.74. The van der Waals surface area contributed by atoms with E-state index in [1.54, 1.807) is 32.0 Å². The van der Waals surface area contributed by atoms with Crippen LogP contribution in [0.2, 0.25) is 0 Å². The summed E-state index contributed by atoms with van der Waals surface area (Å²) >= 11 is 0. The molecule has 0 heterocycles. The molecule has 6 nitrogen and oxygen atoms in total. The van der Waals surface area contributed by atoms with E-state index in [0.717, 1.165) is 0 Å². The van der Waals surface area contributed by atoms with Gasteiger partial charge in [-0.1, -0.05) is 6.92 Å². The summed E-state index contributed by atoms with van der Waals surface area (Å²) in [6.07, 6.45) is 0.401. The summed E-state index contributed by atoms with van der Waals surface area (Å²) in [4.78, 5) is 23.3. The molecule has 0 aliphatic carbocycles. The molecule has 0 aromatic heterocycles. The average molecular weight is 294 g/mol. The standard InChI is InChI=1S/C15H22N2O4/c1-4-12(15(19)20)17-9(3)14(18)10-6-7-13(21-5-2)11(16)8-10/h6-9,12,17H,4-5,16H2,1-3H3,(H,19,20). The fourth-order valence-electron chi connectivity index (χ4n) is 1.98. The zero-order chi connectivity index (χ0) is 16.0. The Bertz CT molecular complexity index is 516. The number of ketones is 1. The molecule has 0 saturated carbocycles. The highest BCUT2D eigenvalue weighted by Gasteiger charge is 2.22. The first-order valence-corrected chi connectivity index (χ1v) is 6.96. The Morgan fingerprint density at radius 1 is 1.38 bits per heavy atom. The first kappa shape index (κ1) is 17.0. The zero-order valence-electron chi connectivity index (χ0n) is 12.6. The van der Waals surface area contributed by atoms with Gasteiger partial charge in [-0.15, -0.1) is 0 Å². The minimum Gasteiger partial charge on any atom is -0.492 e. The van der Waals surface area contributed by atoms with Crippen molar-refractivity contribution in [2.45, 2.75) is 39.3 Å². The largest absolute Gasteiger partial charge is 0.492 e. The highest BCUT2D eigenvalue weighted by Crippen LogP contribution is 2.23. The van der Waals surface area contributed by atoms with E-state index >= 15 is 0 Å². The van der Waals surface area contributed by atoms with Gasteiger partial charge in [0, 0.05) is 5.56 Å². The third kappa shape index (κ3) is 4.46. The van der Waals surface area contributed by atoms with Gasteiger partial charge in [-0.25, -0.2) is 0 Å². The number of rotatable bonds is 8. The van der Waals surface area contributed by atoms with Crippen LogP contribution in [-0.2, 0) is 4.79 Å². The van der Waals surface area contributed by atoms with Crippen molar-refractivity contribution >= 4 is 17.4 Å². The van der Waals surface area contributed by atoms with Crippen LogP contribution in [0.5, 0.6) is 5.75 Å². The van der Waals surface area contributed by atoms with Gasteiger partial charge >= 0.3 is 5.97 Å². The van der Waals surface area contributed by atoms with Crippen LogP contribution in [0.25, 0.3) is 0 Å². The van der Waals surface area contributed by atoms with Crippen LogP contribution in [0, 0.1) is 0 Å².